The van der Waals surface area contributed by atoms with E-state index in [0.29, 0.717) is 10.4 Å². The number of hydrogen-bond acceptors (Lipinski definition) is 4. The maximum Gasteiger partial charge on any atom is 0.321 e. The second-order valence-corrected chi connectivity index (χ2v) is 4.83. The second kappa shape index (κ2) is 3.96. The summed E-state index contributed by atoms with van der Waals surface area (Å²) in [4.78, 5) is 10.7. The SMILES string of the molecule is O=C(O)[C@H]1CS[C@@H](c2ccc(Br)o2)N1. The van der Waals surface area contributed by atoms with E-state index in [1.807, 2.05) is 6.07 Å². The zero-order chi connectivity index (χ0) is 10.1. The normalized spacial score (nSPS) is 26.6. The van der Waals surface area contributed by atoms with E-state index in [0.717, 1.165) is 5.76 Å². The van der Waals surface area contributed by atoms with Crippen molar-refractivity contribution < 1.29 is 14.3 Å². The Morgan fingerprint density at radius 1 is 1.71 bits per heavy atom. The van der Waals surface area contributed by atoms with Crippen molar-refractivity contribution in [2.75, 3.05) is 5.75 Å². The predicted octanol–water partition coefficient (Wildman–Crippen LogP) is 1.83. The first kappa shape index (κ1) is 10.1. The van der Waals surface area contributed by atoms with Gasteiger partial charge in [-0.1, -0.05) is 0 Å². The fourth-order valence-corrected chi connectivity index (χ4v) is 2.74. The average molecular weight is 278 g/mol. The Morgan fingerprint density at radius 2 is 2.50 bits per heavy atom. The van der Waals surface area contributed by atoms with Gasteiger partial charge in [-0.2, -0.15) is 0 Å². The van der Waals surface area contributed by atoms with Crippen LogP contribution >= 0.6 is 27.7 Å². The number of carboxylic acid groups (broad SMARTS) is 1. The summed E-state index contributed by atoms with van der Waals surface area (Å²) < 4.78 is 6.00. The lowest BCUT2D eigenvalue weighted by Crippen LogP contribution is -2.33. The second-order valence-electron chi connectivity index (χ2n) is 2.91. The number of nitrogens with one attached hydrogen (secondary N) is 1. The first-order chi connectivity index (χ1) is 6.66. The predicted molar refractivity (Wildman–Crippen MR) is 56.2 cm³/mol. The summed E-state index contributed by atoms with van der Waals surface area (Å²) in [5, 5.41) is 11.7. The average Bonchev–Trinajstić information content (AvgIpc) is 2.70. The molecule has 0 unspecified atom stereocenters. The molecule has 0 amide bonds. The Hall–Kier alpha value is -0.460. The molecular formula is C8H8BrNO3S. The summed E-state index contributed by atoms with van der Waals surface area (Å²) in [7, 11) is 0. The van der Waals surface area contributed by atoms with Crippen LogP contribution < -0.4 is 5.32 Å². The van der Waals surface area contributed by atoms with Crippen LogP contribution in [0, 0.1) is 0 Å². The maximum atomic E-state index is 10.7. The molecule has 14 heavy (non-hydrogen) atoms. The molecule has 2 atom stereocenters. The van der Waals surface area contributed by atoms with Crippen LogP contribution in [0.15, 0.2) is 21.2 Å². The minimum atomic E-state index is -0.814. The third kappa shape index (κ3) is 1.97. The first-order valence-electron chi connectivity index (χ1n) is 4.02. The molecule has 2 N–H and O–H groups in total. The lowest BCUT2D eigenvalue weighted by Gasteiger charge is -2.06. The van der Waals surface area contributed by atoms with E-state index in [1.165, 1.54) is 11.8 Å². The number of aliphatic carboxylic acids is 1. The summed E-state index contributed by atoms with van der Waals surface area (Å²) in [6.45, 7) is 0. The Balaban J connectivity index is 2.05. The molecule has 2 heterocycles. The van der Waals surface area contributed by atoms with Crippen molar-refractivity contribution in [2.24, 2.45) is 0 Å². The standard InChI is InChI=1S/C8H8BrNO3S/c9-6-2-1-5(13-6)7-10-4(3-14-7)8(11)12/h1-2,4,7,10H,3H2,(H,11,12)/t4-,7+/m1/s1. The molecular weight excluding hydrogens is 270 g/mol. The largest absolute Gasteiger partial charge is 0.480 e. The number of thioether (sulfide) groups is 1. The van der Waals surface area contributed by atoms with Crippen molar-refractivity contribution in [3.63, 3.8) is 0 Å². The quantitative estimate of drug-likeness (QED) is 0.864. The van der Waals surface area contributed by atoms with Gasteiger partial charge in [-0.3, -0.25) is 10.1 Å². The minimum Gasteiger partial charge on any atom is -0.480 e. The molecule has 0 radical (unpaired) electrons. The highest BCUT2D eigenvalue weighted by atomic mass is 79.9. The molecule has 1 aliphatic heterocycles. The van der Waals surface area contributed by atoms with Gasteiger partial charge in [-0.25, -0.2) is 0 Å². The lowest BCUT2D eigenvalue weighted by atomic mass is 10.3. The highest BCUT2D eigenvalue weighted by Gasteiger charge is 2.31. The van der Waals surface area contributed by atoms with E-state index in [4.69, 9.17) is 9.52 Å². The zero-order valence-corrected chi connectivity index (χ0v) is 9.47. The third-order valence-corrected chi connectivity index (χ3v) is 3.59. The number of rotatable bonds is 2. The van der Waals surface area contributed by atoms with Crippen LogP contribution in [0.3, 0.4) is 0 Å². The van der Waals surface area contributed by atoms with Crippen molar-refractivity contribution in [1.29, 1.82) is 0 Å². The van der Waals surface area contributed by atoms with E-state index in [-0.39, 0.29) is 5.37 Å². The zero-order valence-electron chi connectivity index (χ0n) is 7.07. The van der Waals surface area contributed by atoms with E-state index >= 15 is 0 Å². The van der Waals surface area contributed by atoms with Crippen molar-refractivity contribution in [2.45, 2.75) is 11.4 Å². The fourth-order valence-electron chi connectivity index (χ4n) is 1.25. The highest BCUT2D eigenvalue weighted by molar-refractivity contribution is 9.10. The monoisotopic (exact) mass is 277 g/mol. The summed E-state index contributed by atoms with van der Waals surface area (Å²) in [5.74, 6) is 0.509. The summed E-state index contributed by atoms with van der Waals surface area (Å²) in [6.07, 6.45) is 0. The fraction of sp³-hybridized carbons (Fsp3) is 0.375. The molecule has 1 saturated heterocycles. The van der Waals surface area contributed by atoms with Crippen molar-refractivity contribution >= 4 is 33.7 Å². The van der Waals surface area contributed by atoms with Gasteiger partial charge in [0.25, 0.3) is 0 Å². The molecule has 4 nitrogen and oxygen atoms in total. The third-order valence-electron chi connectivity index (χ3n) is 1.93. The van der Waals surface area contributed by atoms with E-state index in [2.05, 4.69) is 21.2 Å². The van der Waals surface area contributed by atoms with Crippen LogP contribution in [0.5, 0.6) is 0 Å². The van der Waals surface area contributed by atoms with E-state index in [9.17, 15) is 4.79 Å². The smallest absolute Gasteiger partial charge is 0.321 e. The van der Waals surface area contributed by atoms with Crippen LogP contribution in [0.2, 0.25) is 0 Å². The van der Waals surface area contributed by atoms with Crippen LogP contribution in [-0.2, 0) is 4.79 Å². The van der Waals surface area contributed by atoms with Crippen LogP contribution in [-0.4, -0.2) is 22.9 Å². The van der Waals surface area contributed by atoms with Gasteiger partial charge in [-0.15, -0.1) is 11.8 Å². The van der Waals surface area contributed by atoms with Gasteiger partial charge in [-0.05, 0) is 28.1 Å². The number of furan rings is 1. The van der Waals surface area contributed by atoms with Gasteiger partial charge < -0.3 is 9.52 Å². The molecule has 76 valence electrons. The molecule has 1 aliphatic rings. The van der Waals surface area contributed by atoms with Gasteiger partial charge in [0, 0.05) is 5.75 Å². The molecule has 0 aliphatic carbocycles. The van der Waals surface area contributed by atoms with Gasteiger partial charge in [0.15, 0.2) is 4.67 Å². The number of hydrogen-bond donors (Lipinski definition) is 2. The maximum absolute atomic E-state index is 10.7. The topological polar surface area (TPSA) is 62.5 Å². The number of halogens is 1. The molecule has 0 bridgehead atoms. The van der Waals surface area contributed by atoms with Crippen molar-refractivity contribution in [3.8, 4) is 0 Å². The Bertz CT molecular complexity index is 354. The lowest BCUT2D eigenvalue weighted by molar-refractivity contribution is -0.138. The summed E-state index contributed by atoms with van der Waals surface area (Å²) in [6, 6.07) is 3.15. The molecule has 0 saturated carbocycles. The molecule has 0 spiro atoms. The Labute approximate surface area is 93.2 Å². The molecule has 1 aromatic rings. The molecule has 1 aromatic heterocycles. The minimum absolute atomic E-state index is 0.0533. The van der Waals surface area contributed by atoms with Crippen molar-refractivity contribution in [3.05, 3.63) is 22.6 Å². The molecule has 2 rings (SSSR count). The first-order valence-corrected chi connectivity index (χ1v) is 5.86. The Kier molecular flexibility index (Phi) is 2.85. The Morgan fingerprint density at radius 3 is 3.00 bits per heavy atom. The number of carbonyl (C=O) groups is 1. The highest BCUT2D eigenvalue weighted by Crippen LogP contribution is 2.34. The van der Waals surface area contributed by atoms with Crippen molar-refractivity contribution in [1.82, 2.24) is 5.32 Å². The number of carboxylic acids is 1. The van der Waals surface area contributed by atoms with E-state index < -0.39 is 12.0 Å². The van der Waals surface area contributed by atoms with Crippen LogP contribution in [0.1, 0.15) is 11.1 Å². The van der Waals surface area contributed by atoms with Gasteiger partial charge >= 0.3 is 5.97 Å². The van der Waals surface area contributed by atoms with Gasteiger partial charge in [0.05, 0.1) is 0 Å². The summed E-state index contributed by atoms with van der Waals surface area (Å²) in [5.41, 5.74) is 0. The van der Waals surface area contributed by atoms with E-state index in [1.54, 1.807) is 6.07 Å². The van der Waals surface area contributed by atoms with Gasteiger partial charge in [0.1, 0.15) is 17.2 Å². The van der Waals surface area contributed by atoms with Gasteiger partial charge in [0.2, 0.25) is 0 Å². The van der Waals surface area contributed by atoms with Crippen LogP contribution in [0.25, 0.3) is 0 Å². The molecule has 0 aromatic carbocycles. The molecule has 1 fully saturated rings. The molecule has 6 heteroatoms. The van der Waals surface area contributed by atoms with Crippen LogP contribution in [0.4, 0.5) is 0 Å². The summed E-state index contributed by atoms with van der Waals surface area (Å²) >= 11 is 4.74.